The molecule has 0 fully saturated rings. The highest BCUT2D eigenvalue weighted by Gasteiger charge is 2.35. The number of methoxy groups -OCH3 is 1. The van der Waals surface area contributed by atoms with Crippen molar-refractivity contribution in [3.05, 3.63) is 63.7 Å². The molecule has 2 aromatic rings. The Morgan fingerprint density at radius 1 is 1.21 bits per heavy atom. The van der Waals surface area contributed by atoms with Gasteiger partial charge in [-0.15, -0.1) is 0 Å². The van der Waals surface area contributed by atoms with E-state index in [0.717, 1.165) is 5.56 Å². The van der Waals surface area contributed by atoms with Gasteiger partial charge in [0.05, 0.1) is 11.2 Å². The lowest BCUT2D eigenvalue weighted by molar-refractivity contribution is -0.136. The SMILES string of the molecule is [2H]C([2H])([2H])Oc1c(C)c2c(c(OS(=O)(=O)c3ccc(C)cc3)c1C/C=C(\C)CCC(=O)O)C(=O)OC2. The van der Waals surface area contributed by atoms with Crippen molar-refractivity contribution in [3.63, 3.8) is 0 Å². The molecule has 8 nitrogen and oxygen atoms in total. The average molecular weight is 478 g/mol. The number of carboxylic acids is 1. The molecule has 33 heavy (non-hydrogen) atoms. The summed E-state index contributed by atoms with van der Waals surface area (Å²) in [5.74, 6) is -2.32. The zero-order valence-electron chi connectivity index (χ0n) is 21.4. The summed E-state index contributed by atoms with van der Waals surface area (Å²) in [6, 6.07) is 5.88. The molecule has 0 unspecified atom stereocenters. The molecular weight excluding hydrogens is 448 g/mol. The first-order valence-electron chi connectivity index (χ1n) is 11.6. The monoisotopic (exact) mass is 477 g/mol. The number of aliphatic carboxylic acids is 1. The zero-order valence-corrected chi connectivity index (χ0v) is 19.2. The normalized spacial score (nSPS) is 15.2. The van der Waals surface area contributed by atoms with Gasteiger partial charge in [0.25, 0.3) is 0 Å². The number of carbonyl (C=O) groups excluding carboxylic acids is 1. The van der Waals surface area contributed by atoms with Gasteiger partial charge in [0.1, 0.15) is 22.8 Å². The van der Waals surface area contributed by atoms with Crippen molar-refractivity contribution in [2.75, 3.05) is 7.04 Å². The van der Waals surface area contributed by atoms with E-state index in [0.29, 0.717) is 11.1 Å². The molecule has 2 aromatic carbocycles. The van der Waals surface area contributed by atoms with Crippen molar-refractivity contribution in [1.82, 2.24) is 0 Å². The number of carboxylic acid groups (broad SMARTS) is 1. The van der Waals surface area contributed by atoms with Crippen LogP contribution in [0.4, 0.5) is 0 Å². The molecule has 0 atom stereocenters. The average Bonchev–Trinajstić information content (AvgIpc) is 3.16. The molecule has 1 aliphatic heterocycles. The predicted octanol–water partition coefficient (Wildman–Crippen LogP) is 4.10. The van der Waals surface area contributed by atoms with E-state index in [1.165, 1.54) is 12.1 Å². The first-order chi connectivity index (χ1) is 16.7. The summed E-state index contributed by atoms with van der Waals surface area (Å²) in [7, 11) is -7.32. The first kappa shape index (κ1) is 20.3. The highest BCUT2D eigenvalue weighted by Crippen LogP contribution is 2.43. The number of carbonyl (C=O) groups is 2. The van der Waals surface area contributed by atoms with Crippen molar-refractivity contribution in [2.24, 2.45) is 0 Å². The van der Waals surface area contributed by atoms with Crippen molar-refractivity contribution >= 4 is 22.1 Å². The first-order valence-corrected chi connectivity index (χ1v) is 11.5. The summed E-state index contributed by atoms with van der Waals surface area (Å²) in [6.07, 6.45) is 1.62. The van der Waals surface area contributed by atoms with Crippen LogP contribution in [0.15, 0.2) is 40.8 Å². The van der Waals surface area contributed by atoms with Crippen LogP contribution < -0.4 is 8.92 Å². The lowest BCUT2D eigenvalue weighted by Crippen LogP contribution is -2.15. The van der Waals surface area contributed by atoms with Crippen LogP contribution in [-0.2, 0) is 32.7 Å². The van der Waals surface area contributed by atoms with E-state index >= 15 is 0 Å². The fourth-order valence-corrected chi connectivity index (χ4v) is 4.48. The fraction of sp³-hybridized carbons (Fsp3) is 0.333. The van der Waals surface area contributed by atoms with Gasteiger partial charge in [-0.3, -0.25) is 4.79 Å². The fourth-order valence-electron chi connectivity index (χ4n) is 3.51. The van der Waals surface area contributed by atoms with Crippen molar-refractivity contribution in [1.29, 1.82) is 0 Å². The summed E-state index contributed by atoms with van der Waals surface area (Å²) in [6.45, 7) is 4.82. The van der Waals surface area contributed by atoms with Gasteiger partial charge in [0.2, 0.25) is 0 Å². The van der Waals surface area contributed by atoms with E-state index in [4.69, 9.17) is 22.9 Å². The van der Waals surface area contributed by atoms with Gasteiger partial charge in [-0.05, 0) is 51.3 Å². The highest BCUT2D eigenvalue weighted by atomic mass is 32.2. The van der Waals surface area contributed by atoms with Crippen LogP contribution in [-0.4, -0.2) is 32.5 Å². The number of fused-ring (bicyclic) bond motifs is 1. The van der Waals surface area contributed by atoms with E-state index < -0.39 is 29.1 Å². The van der Waals surface area contributed by atoms with E-state index in [2.05, 4.69) is 0 Å². The number of hydrogen-bond donors (Lipinski definition) is 1. The molecule has 0 aliphatic carbocycles. The molecule has 1 N–H and O–H groups in total. The maximum Gasteiger partial charge on any atom is 0.342 e. The maximum absolute atomic E-state index is 13.2. The number of cyclic esters (lactones) is 1. The number of benzene rings is 2. The molecule has 0 spiro atoms. The lowest BCUT2D eigenvalue weighted by Gasteiger charge is -2.19. The summed E-state index contributed by atoms with van der Waals surface area (Å²) >= 11 is 0. The third kappa shape index (κ3) is 5.19. The number of aryl methyl sites for hydroxylation is 1. The van der Waals surface area contributed by atoms with Gasteiger partial charge in [0, 0.05) is 17.5 Å². The maximum atomic E-state index is 13.2. The Bertz CT molecular complexity index is 1330. The molecule has 3 rings (SSSR count). The Labute approximate surface area is 197 Å². The highest BCUT2D eigenvalue weighted by molar-refractivity contribution is 7.87. The zero-order chi connectivity index (χ0) is 26.8. The number of hydrogen-bond acceptors (Lipinski definition) is 7. The molecule has 0 aromatic heterocycles. The third-order valence-electron chi connectivity index (χ3n) is 5.41. The number of rotatable bonds is 9. The van der Waals surface area contributed by atoms with Crippen molar-refractivity contribution < 1.29 is 40.9 Å². The molecule has 0 saturated carbocycles. The topological polar surface area (TPSA) is 116 Å². The minimum absolute atomic E-state index is 0.0200. The van der Waals surface area contributed by atoms with Crippen LogP contribution in [0, 0.1) is 13.8 Å². The van der Waals surface area contributed by atoms with Crippen LogP contribution in [0.25, 0.3) is 0 Å². The van der Waals surface area contributed by atoms with Crippen LogP contribution >= 0.6 is 0 Å². The van der Waals surface area contributed by atoms with Crippen molar-refractivity contribution in [3.8, 4) is 11.5 Å². The summed E-state index contributed by atoms with van der Waals surface area (Å²) < 4.78 is 65.0. The molecule has 0 radical (unpaired) electrons. The van der Waals surface area contributed by atoms with Crippen LogP contribution in [0.5, 0.6) is 11.5 Å². The molecular formula is C24H26O8S. The van der Waals surface area contributed by atoms with E-state index in [1.807, 2.05) is 0 Å². The Morgan fingerprint density at radius 3 is 2.55 bits per heavy atom. The molecule has 1 heterocycles. The van der Waals surface area contributed by atoms with Gasteiger partial charge in [-0.25, -0.2) is 4.79 Å². The third-order valence-corrected chi connectivity index (χ3v) is 6.65. The largest absolute Gasteiger partial charge is 0.496 e. The van der Waals surface area contributed by atoms with E-state index in [1.54, 1.807) is 39.0 Å². The van der Waals surface area contributed by atoms with E-state index in [-0.39, 0.29) is 59.0 Å². The summed E-state index contributed by atoms with van der Waals surface area (Å²) in [4.78, 5) is 23.4. The second-order valence-electron chi connectivity index (χ2n) is 7.79. The second-order valence-corrected chi connectivity index (χ2v) is 9.34. The van der Waals surface area contributed by atoms with Gasteiger partial charge in [-0.2, -0.15) is 8.42 Å². The number of ether oxygens (including phenoxy) is 2. The molecule has 0 amide bonds. The minimum atomic E-state index is -4.43. The molecule has 9 heteroatoms. The lowest BCUT2D eigenvalue weighted by atomic mass is 9.94. The quantitative estimate of drug-likeness (QED) is 0.326. The smallest absolute Gasteiger partial charge is 0.342 e. The number of allylic oxidation sites excluding steroid dienone is 2. The molecule has 176 valence electrons. The Morgan fingerprint density at radius 2 is 1.91 bits per heavy atom. The van der Waals surface area contributed by atoms with E-state index in [9.17, 15) is 18.0 Å². The summed E-state index contributed by atoms with van der Waals surface area (Å²) in [5, 5.41) is 8.94. The van der Waals surface area contributed by atoms with Crippen LogP contribution in [0.2, 0.25) is 0 Å². The van der Waals surface area contributed by atoms with Gasteiger partial charge in [-0.1, -0.05) is 29.3 Å². The Hall–Kier alpha value is -3.33. The Kier molecular flexibility index (Phi) is 5.94. The number of esters is 1. The van der Waals surface area contributed by atoms with Gasteiger partial charge in [0.15, 0.2) is 5.75 Å². The molecule has 1 aliphatic rings. The predicted molar refractivity (Wildman–Crippen MR) is 120 cm³/mol. The van der Waals surface area contributed by atoms with Crippen molar-refractivity contribution in [2.45, 2.75) is 51.5 Å². The minimum Gasteiger partial charge on any atom is -0.496 e. The van der Waals surface area contributed by atoms with Gasteiger partial charge < -0.3 is 18.8 Å². The van der Waals surface area contributed by atoms with Crippen LogP contribution in [0.1, 0.15) is 56.5 Å². The van der Waals surface area contributed by atoms with Gasteiger partial charge >= 0.3 is 22.1 Å². The Balaban J connectivity index is 2.21. The molecule has 0 saturated heterocycles. The summed E-state index contributed by atoms with van der Waals surface area (Å²) in [5.41, 5.74) is 1.96. The standard InChI is InChI=1S/C24H26O8S/c1-14-5-9-17(10-6-14)33(28,29)32-23-18(11-7-15(2)8-12-20(25)26)22(30-4)16(3)19-13-31-24(27)21(19)23/h5-7,9-10H,8,11-13H2,1-4H3,(H,25,26)/b15-7+/i4D3. The molecule has 0 bridgehead atoms. The second kappa shape index (κ2) is 9.66. The van der Waals surface area contributed by atoms with Crippen LogP contribution in [0.3, 0.4) is 0 Å².